The van der Waals surface area contributed by atoms with Gasteiger partial charge in [0, 0.05) is 27.5 Å². The van der Waals surface area contributed by atoms with E-state index in [2.05, 4.69) is 26.2 Å². The molecule has 0 saturated carbocycles. The Hall–Kier alpha value is -2.38. The molecule has 2 aromatic carbocycles. The molecule has 7 heteroatoms. The van der Waals surface area contributed by atoms with Crippen LogP contribution in [0.15, 0.2) is 40.9 Å². The molecule has 0 radical (unpaired) electrons. The normalized spacial score (nSPS) is 19.0. The van der Waals surface area contributed by atoms with Crippen molar-refractivity contribution in [2.75, 3.05) is 14.2 Å². The Kier molecular flexibility index (Phi) is 4.65. The molecular formula is C20H18BrFN2O3. The fourth-order valence-corrected chi connectivity index (χ4v) is 4.24. The molecule has 0 fully saturated rings. The Bertz CT molecular complexity index is 1030. The van der Waals surface area contributed by atoms with Gasteiger partial charge in [-0.1, -0.05) is 34.1 Å². The van der Waals surface area contributed by atoms with Crippen LogP contribution in [0.5, 0.6) is 5.75 Å². The van der Waals surface area contributed by atoms with Gasteiger partial charge in [-0.3, -0.25) is 10.1 Å². The lowest BCUT2D eigenvalue weighted by Gasteiger charge is -2.31. The van der Waals surface area contributed by atoms with Crippen molar-refractivity contribution in [3.05, 3.63) is 63.5 Å². The number of para-hydroxylation sites is 1. The van der Waals surface area contributed by atoms with Gasteiger partial charge >= 0.3 is 5.97 Å². The molecular weight excluding hydrogens is 415 g/mol. The number of hydrogen-bond donors (Lipinski definition) is 2. The first-order chi connectivity index (χ1) is 13.0. The van der Waals surface area contributed by atoms with Crippen molar-refractivity contribution in [1.82, 2.24) is 10.3 Å². The lowest BCUT2D eigenvalue weighted by molar-refractivity contribution is -0.143. The van der Waals surface area contributed by atoms with Crippen molar-refractivity contribution in [1.29, 1.82) is 0 Å². The average Bonchev–Trinajstić information content (AvgIpc) is 3.05. The van der Waals surface area contributed by atoms with Crippen molar-refractivity contribution in [2.24, 2.45) is 0 Å². The van der Waals surface area contributed by atoms with Crippen LogP contribution in [0.25, 0.3) is 10.9 Å². The largest absolute Gasteiger partial charge is 0.494 e. The molecule has 140 valence electrons. The lowest BCUT2D eigenvalue weighted by Crippen LogP contribution is -2.45. The van der Waals surface area contributed by atoms with E-state index in [4.69, 9.17) is 9.47 Å². The third kappa shape index (κ3) is 3.00. The van der Waals surface area contributed by atoms with Crippen LogP contribution in [-0.2, 0) is 16.0 Å². The number of aromatic nitrogens is 1. The Morgan fingerprint density at radius 3 is 2.78 bits per heavy atom. The molecule has 0 unspecified atom stereocenters. The zero-order valence-corrected chi connectivity index (χ0v) is 16.4. The summed E-state index contributed by atoms with van der Waals surface area (Å²) in [5, 5.41) is 4.40. The van der Waals surface area contributed by atoms with Crippen molar-refractivity contribution in [3.8, 4) is 5.75 Å². The SMILES string of the molecule is COC(=O)[C@@H]1Cc2c([nH]c3ccccc23)[C@H](c2cc(OC)c(F)cc2Br)N1. The second-order valence-electron chi connectivity index (χ2n) is 6.45. The second-order valence-corrected chi connectivity index (χ2v) is 7.30. The lowest BCUT2D eigenvalue weighted by atomic mass is 9.90. The van der Waals surface area contributed by atoms with Gasteiger partial charge in [-0.25, -0.2) is 4.39 Å². The molecule has 4 rings (SSSR count). The third-order valence-corrected chi connectivity index (χ3v) is 5.67. The van der Waals surface area contributed by atoms with E-state index in [1.807, 2.05) is 24.3 Å². The van der Waals surface area contributed by atoms with Gasteiger partial charge in [0.1, 0.15) is 6.04 Å². The molecule has 0 bridgehead atoms. The molecule has 2 heterocycles. The van der Waals surface area contributed by atoms with Crippen molar-refractivity contribution in [2.45, 2.75) is 18.5 Å². The number of aromatic amines is 1. The van der Waals surface area contributed by atoms with Gasteiger partial charge in [-0.05, 0) is 29.3 Å². The summed E-state index contributed by atoms with van der Waals surface area (Å²) in [7, 11) is 2.80. The number of carbonyl (C=O) groups is 1. The van der Waals surface area contributed by atoms with E-state index in [9.17, 15) is 9.18 Å². The molecule has 1 aliphatic rings. The fraction of sp³-hybridized carbons (Fsp3) is 0.250. The van der Waals surface area contributed by atoms with Crippen molar-refractivity contribution < 1.29 is 18.7 Å². The van der Waals surface area contributed by atoms with E-state index in [0.29, 0.717) is 10.9 Å². The number of benzene rings is 2. The average molecular weight is 433 g/mol. The first kappa shape index (κ1) is 18.0. The molecule has 2 N–H and O–H groups in total. The summed E-state index contributed by atoms with van der Waals surface area (Å²) >= 11 is 3.45. The minimum absolute atomic E-state index is 0.146. The van der Waals surface area contributed by atoms with Crippen LogP contribution in [-0.4, -0.2) is 31.2 Å². The molecule has 0 spiro atoms. The number of hydrogen-bond acceptors (Lipinski definition) is 4. The van der Waals surface area contributed by atoms with E-state index in [0.717, 1.165) is 27.7 Å². The third-order valence-electron chi connectivity index (χ3n) is 4.98. The van der Waals surface area contributed by atoms with Gasteiger partial charge in [0.25, 0.3) is 0 Å². The molecule has 0 amide bonds. The topological polar surface area (TPSA) is 63.4 Å². The number of methoxy groups -OCH3 is 2. The van der Waals surface area contributed by atoms with E-state index in [1.54, 1.807) is 6.07 Å². The Labute approximate surface area is 164 Å². The van der Waals surface area contributed by atoms with Gasteiger partial charge in [0.15, 0.2) is 11.6 Å². The number of carbonyl (C=O) groups excluding carboxylic acids is 1. The number of nitrogens with one attached hydrogen (secondary N) is 2. The Balaban J connectivity index is 1.91. The van der Waals surface area contributed by atoms with Crippen LogP contribution in [0.4, 0.5) is 4.39 Å². The summed E-state index contributed by atoms with van der Waals surface area (Å²) in [4.78, 5) is 15.7. The van der Waals surface area contributed by atoms with Gasteiger partial charge < -0.3 is 14.5 Å². The highest BCUT2D eigenvalue weighted by molar-refractivity contribution is 9.10. The molecule has 2 atom stereocenters. The summed E-state index contributed by atoms with van der Waals surface area (Å²) in [6, 6.07) is 10.1. The summed E-state index contributed by atoms with van der Waals surface area (Å²) in [6.07, 6.45) is 0.512. The smallest absolute Gasteiger partial charge is 0.323 e. The number of ether oxygens (including phenoxy) is 2. The Morgan fingerprint density at radius 1 is 1.26 bits per heavy atom. The maximum atomic E-state index is 14.1. The van der Waals surface area contributed by atoms with Gasteiger partial charge in [0.05, 0.1) is 20.3 Å². The van der Waals surface area contributed by atoms with E-state index < -0.39 is 11.9 Å². The van der Waals surface area contributed by atoms with Crippen molar-refractivity contribution >= 4 is 32.8 Å². The molecule has 0 aliphatic carbocycles. The fourth-order valence-electron chi connectivity index (χ4n) is 3.70. The molecule has 0 saturated heterocycles. The predicted octanol–water partition coefficient (Wildman–Crippen LogP) is 3.85. The first-order valence-corrected chi connectivity index (χ1v) is 9.29. The van der Waals surface area contributed by atoms with Crippen LogP contribution in [0.1, 0.15) is 22.9 Å². The maximum Gasteiger partial charge on any atom is 0.323 e. The standard InChI is InChI=1S/C20H18BrFN2O3/c1-26-17-8-12(13(21)9-14(17)22)19-18-11(7-16(24-19)20(25)27-2)10-5-3-4-6-15(10)23-18/h3-6,8-9,16,19,23-24H,7H2,1-2H3/t16-,19-/m0/s1. The van der Waals surface area contributed by atoms with Crippen LogP contribution in [0.3, 0.4) is 0 Å². The number of esters is 1. The molecule has 27 heavy (non-hydrogen) atoms. The highest BCUT2D eigenvalue weighted by Gasteiger charge is 2.35. The van der Waals surface area contributed by atoms with E-state index >= 15 is 0 Å². The number of H-pyrrole nitrogens is 1. The van der Waals surface area contributed by atoms with Gasteiger partial charge in [-0.2, -0.15) is 0 Å². The van der Waals surface area contributed by atoms with E-state index in [-0.39, 0.29) is 17.8 Å². The minimum Gasteiger partial charge on any atom is -0.494 e. The van der Waals surface area contributed by atoms with Crippen LogP contribution >= 0.6 is 15.9 Å². The quantitative estimate of drug-likeness (QED) is 0.616. The number of fused-ring (bicyclic) bond motifs is 3. The summed E-state index contributed by atoms with van der Waals surface area (Å²) in [5.74, 6) is -0.640. The summed E-state index contributed by atoms with van der Waals surface area (Å²) < 4.78 is 24.8. The van der Waals surface area contributed by atoms with E-state index in [1.165, 1.54) is 20.3 Å². The molecule has 5 nitrogen and oxygen atoms in total. The predicted molar refractivity (Wildman–Crippen MR) is 103 cm³/mol. The second kappa shape index (κ2) is 6.98. The number of rotatable bonds is 3. The van der Waals surface area contributed by atoms with Gasteiger partial charge in [0.2, 0.25) is 0 Å². The number of halogens is 2. The highest BCUT2D eigenvalue weighted by atomic mass is 79.9. The molecule has 1 aromatic heterocycles. The zero-order valence-electron chi connectivity index (χ0n) is 14.8. The maximum absolute atomic E-state index is 14.1. The summed E-state index contributed by atoms with van der Waals surface area (Å²) in [5.41, 5.74) is 3.77. The minimum atomic E-state index is -0.505. The monoisotopic (exact) mass is 432 g/mol. The van der Waals surface area contributed by atoms with Crippen LogP contribution in [0.2, 0.25) is 0 Å². The molecule has 1 aliphatic heterocycles. The highest BCUT2D eigenvalue weighted by Crippen LogP contribution is 2.39. The van der Waals surface area contributed by atoms with Crippen LogP contribution < -0.4 is 10.1 Å². The Morgan fingerprint density at radius 2 is 2.04 bits per heavy atom. The van der Waals surface area contributed by atoms with Crippen LogP contribution in [0, 0.1) is 5.82 Å². The summed E-state index contributed by atoms with van der Waals surface area (Å²) in [6.45, 7) is 0. The first-order valence-electron chi connectivity index (χ1n) is 8.49. The molecule has 3 aromatic rings. The zero-order chi connectivity index (χ0) is 19.1. The van der Waals surface area contributed by atoms with Crippen molar-refractivity contribution in [3.63, 3.8) is 0 Å². The van der Waals surface area contributed by atoms with Gasteiger partial charge in [-0.15, -0.1) is 0 Å².